The van der Waals surface area contributed by atoms with Crippen molar-refractivity contribution in [2.24, 2.45) is 0 Å². The SMILES string of the molecule is N#C/C(=C\c1ccc(OCc2ccc([N+](=O)[O-])cc2)cc1)c1ccc(Cl)cc1Cl. The minimum absolute atomic E-state index is 0.0407. The molecule has 3 aromatic rings. The maximum Gasteiger partial charge on any atom is 0.269 e. The van der Waals surface area contributed by atoms with Crippen LogP contribution in [0.2, 0.25) is 10.0 Å². The molecule has 0 amide bonds. The van der Waals surface area contributed by atoms with Gasteiger partial charge in [0.05, 0.1) is 21.6 Å². The maximum absolute atomic E-state index is 10.7. The van der Waals surface area contributed by atoms with Crippen LogP contribution in [0.25, 0.3) is 11.6 Å². The predicted octanol–water partition coefficient (Wildman–Crippen LogP) is 6.54. The highest BCUT2D eigenvalue weighted by Gasteiger charge is 2.08. The second-order valence-electron chi connectivity index (χ2n) is 6.08. The first-order chi connectivity index (χ1) is 14.0. The molecule has 144 valence electrons. The van der Waals surface area contributed by atoms with Crippen LogP contribution < -0.4 is 4.74 Å². The summed E-state index contributed by atoms with van der Waals surface area (Å²) < 4.78 is 5.70. The standard InChI is InChI=1S/C22H14Cl2N2O3/c23-18-5-10-21(22(24)12-18)17(13-25)11-15-3-8-20(9-4-15)29-14-16-1-6-19(7-2-16)26(27)28/h1-12H,14H2/b17-11+. The monoisotopic (exact) mass is 424 g/mol. The van der Waals surface area contributed by atoms with Crippen molar-refractivity contribution < 1.29 is 9.66 Å². The van der Waals surface area contributed by atoms with Crippen LogP contribution in [0, 0.1) is 21.4 Å². The predicted molar refractivity (Wildman–Crippen MR) is 114 cm³/mol. The number of hydrogen-bond acceptors (Lipinski definition) is 4. The molecule has 0 heterocycles. The molecule has 0 atom stereocenters. The van der Waals surface area contributed by atoms with Gasteiger partial charge in [-0.25, -0.2) is 0 Å². The van der Waals surface area contributed by atoms with E-state index in [1.807, 2.05) is 12.1 Å². The Bertz CT molecular complexity index is 1100. The van der Waals surface area contributed by atoms with Crippen molar-refractivity contribution in [2.75, 3.05) is 0 Å². The fraction of sp³-hybridized carbons (Fsp3) is 0.0455. The van der Waals surface area contributed by atoms with Gasteiger partial charge in [0.25, 0.3) is 5.69 Å². The molecule has 3 rings (SSSR count). The van der Waals surface area contributed by atoms with Crippen molar-refractivity contribution >= 4 is 40.5 Å². The molecule has 0 saturated carbocycles. The minimum Gasteiger partial charge on any atom is -0.489 e. The van der Waals surface area contributed by atoms with Gasteiger partial charge in [-0.15, -0.1) is 0 Å². The van der Waals surface area contributed by atoms with Gasteiger partial charge in [0.1, 0.15) is 12.4 Å². The van der Waals surface area contributed by atoms with E-state index in [-0.39, 0.29) is 12.3 Å². The van der Waals surface area contributed by atoms with Gasteiger partial charge in [0.2, 0.25) is 0 Å². The van der Waals surface area contributed by atoms with Crippen molar-refractivity contribution in [2.45, 2.75) is 6.61 Å². The number of allylic oxidation sites excluding steroid dienone is 1. The molecule has 0 aliphatic rings. The molecule has 7 heteroatoms. The van der Waals surface area contributed by atoms with E-state index < -0.39 is 4.92 Å². The summed E-state index contributed by atoms with van der Waals surface area (Å²) in [5.74, 6) is 0.642. The summed E-state index contributed by atoms with van der Waals surface area (Å²) in [6.07, 6.45) is 1.73. The third kappa shape index (κ3) is 5.35. The van der Waals surface area contributed by atoms with Crippen LogP contribution in [0.15, 0.2) is 66.7 Å². The van der Waals surface area contributed by atoms with Gasteiger partial charge in [-0.05, 0) is 53.6 Å². The Labute approximate surface area is 177 Å². The quantitative estimate of drug-likeness (QED) is 0.194. The van der Waals surface area contributed by atoms with Crippen molar-refractivity contribution in [3.05, 3.63) is 104 Å². The van der Waals surface area contributed by atoms with E-state index in [4.69, 9.17) is 27.9 Å². The number of benzene rings is 3. The summed E-state index contributed by atoms with van der Waals surface area (Å²) in [5.41, 5.74) is 2.71. The highest BCUT2D eigenvalue weighted by atomic mass is 35.5. The number of non-ortho nitro benzene ring substituents is 1. The lowest BCUT2D eigenvalue weighted by Gasteiger charge is -2.07. The zero-order valence-electron chi connectivity index (χ0n) is 15.0. The maximum atomic E-state index is 10.7. The summed E-state index contributed by atoms with van der Waals surface area (Å²) >= 11 is 12.1. The number of ether oxygens (including phenoxy) is 1. The molecule has 0 bridgehead atoms. The average Bonchev–Trinajstić information content (AvgIpc) is 2.72. The number of nitriles is 1. The molecule has 0 N–H and O–H groups in total. The second kappa shape index (κ2) is 9.24. The normalized spacial score (nSPS) is 11.0. The third-order valence-corrected chi connectivity index (χ3v) is 4.63. The van der Waals surface area contributed by atoms with E-state index in [9.17, 15) is 15.4 Å². The number of nitro benzene ring substituents is 1. The van der Waals surface area contributed by atoms with Gasteiger partial charge in [-0.2, -0.15) is 5.26 Å². The Morgan fingerprint density at radius 1 is 1.07 bits per heavy atom. The highest BCUT2D eigenvalue weighted by Crippen LogP contribution is 2.28. The molecule has 0 aliphatic carbocycles. The molecule has 5 nitrogen and oxygen atoms in total. The van der Waals surface area contributed by atoms with Crippen LogP contribution in [0.3, 0.4) is 0 Å². The Balaban J connectivity index is 1.69. The lowest BCUT2D eigenvalue weighted by atomic mass is 10.0. The van der Waals surface area contributed by atoms with Crippen molar-refractivity contribution in [3.63, 3.8) is 0 Å². The Hall–Kier alpha value is -3.33. The fourth-order valence-corrected chi connectivity index (χ4v) is 3.10. The number of halogens is 2. The van der Waals surface area contributed by atoms with Gasteiger partial charge in [-0.3, -0.25) is 10.1 Å². The number of nitro groups is 1. The first kappa shape index (κ1) is 20.4. The molecule has 29 heavy (non-hydrogen) atoms. The molecule has 0 radical (unpaired) electrons. The van der Waals surface area contributed by atoms with Gasteiger partial charge >= 0.3 is 0 Å². The Kier molecular flexibility index (Phi) is 6.50. The van der Waals surface area contributed by atoms with Gasteiger partial charge in [0.15, 0.2) is 0 Å². The Morgan fingerprint density at radius 2 is 1.76 bits per heavy atom. The largest absolute Gasteiger partial charge is 0.489 e. The second-order valence-corrected chi connectivity index (χ2v) is 6.92. The smallest absolute Gasteiger partial charge is 0.269 e. The number of hydrogen-bond donors (Lipinski definition) is 0. The molecular formula is C22H14Cl2N2O3. The molecule has 0 spiro atoms. The summed E-state index contributed by atoms with van der Waals surface area (Å²) in [4.78, 5) is 10.2. The molecule has 0 aromatic heterocycles. The molecule has 0 aliphatic heterocycles. The first-order valence-electron chi connectivity index (χ1n) is 8.49. The van der Waals surface area contributed by atoms with Crippen LogP contribution in [-0.4, -0.2) is 4.92 Å². The van der Waals surface area contributed by atoms with Crippen LogP contribution in [-0.2, 0) is 6.61 Å². The summed E-state index contributed by atoms with van der Waals surface area (Å²) in [6, 6.07) is 20.6. The van der Waals surface area contributed by atoms with Gasteiger partial charge in [-0.1, -0.05) is 41.4 Å². The minimum atomic E-state index is -0.441. The Morgan fingerprint density at radius 3 is 2.34 bits per heavy atom. The van der Waals surface area contributed by atoms with Crippen LogP contribution >= 0.6 is 23.2 Å². The van der Waals surface area contributed by atoms with Crippen molar-refractivity contribution in [1.29, 1.82) is 5.26 Å². The van der Waals surface area contributed by atoms with E-state index in [0.717, 1.165) is 11.1 Å². The average molecular weight is 425 g/mol. The molecule has 0 saturated heterocycles. The topological polar surface area (TPSA) is 76.2 Å². The van der Waals surface area contributed by atoms with Crippen LogP contribution in [0.4, 0.5) is 5.69 Å². The van der Waals surface area contributed by atoms with Crippen LogP contribution in [0.5, 0.6) is 5.75 Å². The van der Waals surface area contributed by atoms with E-state index in [0.29, 0.717) is 26.9 Å². The van der Waals surface area contributed by atoms with Gasteiger partial charge < -0.3 is 4.74 Å². The first-order valence-corrected chi connectivity index (χ1v) is 9.25. The highest BCUT2D eigenvalue weighted by molar-refractivity contribution is 6.36. The molecule has 0 fully saturated rings. The summed E-state index contributed by atoms with van der Waals surface area (Å²) in [5, 5.41) is 21.1. The zero-order chi connectivity index (χ0) is 20.8. The summed E-state index contributed by atoms with van der Waals surface area (Å²) in [7, 11) is 0. The molecule has 3 aromatic carbocycles. The molecule has 0 unspecified atom stereocenters. The fourth-order valence-electron chi connectivity index (χ4n) is 2.59. The lowest BCUT2D eigenvalue weighted by molar-refractivity contribution is -0.384. The van der Waals surface area contributed by atoms with Gasteiger partial charge in [0, 0.05) is 22.7 Å². The van der Waals surface area contributed by atoms with E-state index >= 15 is 0 Å². The molecular weight excluding hydrogens is 411 g/mol. The third-order valence-electron chi connectivity index (χ3n) is 4.09. The van der Waals surface area contributed by atoms with E-state index in [1.165, 1.54) is 12.1 Å². The van der Waals surface area contributed by atoms with Crippen molar-refractivity contribution in [1.82, 2.24) is 0 Å². The van der Waals surface area contributed by atoms with Crippen molar-refractivity contribution in [3.8, 4) is 11.8 Å². The number of nitrogens with zero attached hydrogens (tertiary/aromatic N) is 2. The number of rotatable bonds is 6. The van der Waals surface area contributed by atoms with Crippen LogP contribution in [0.1, 0.15) is 16.7 Å². The lowest BCUT2D eigenvalue weighted by Crippen LogP contribution is -1.96. The zero-order valence-corrected chi connectivity index (χ0v) is 16.5. The van der Waals surface area contributed by atoms with E-state index in [1.54, 1.807) is 48.5 Å². The summed E-state index contributed by atoms with van der Waals surface area (Å²) in [6.45, 7) is 0.289. The van der Waals surface area contributed by atoms with E-state index in [2.05, 4.69) is 6.07 Å².